The fourth-order valence-corrected chi connectivity index (χ4v) is 1.60. The third-order valence-corrected chi connectivity index (χ3v) is 2.32. The summed E-state index contributed by atoms with van der Waals surface area (Å²) in [4.78, 5) is 22.7. The van der Waals surface area contributed by atoms with Crippen LogP contribution in [0.25, 0.3) is 0 Å². The summed E-state index contributed by atoms with van der Waals surface area (Å²) in [5, 5.41) is 2.96. The molecule has 0 aliphatic carbocycles. The molecule has 0 radical (unpaired) electrons. The van der Waals surface area contributed by atoms with Gasteiger partial charge in [-0.05, 0) is 20.3 Å². The van der Waals surface area contributed by atoms with E-state index in [1.54, 1.807) is 13.8 Å². The smallest absolute Gasteiger partial charge is 0.323 e. The molecule has 0 aromatic carbocycles. The van der Waals surface area contributed by atoms with Gasteiger partial charge in [0.15, 0.2) is 0 Å². The van der Waals surface area contributed by atoms with Gasteiger partial charge >= 0.3 is 11.9 Å². The van der Waals surface area contributed by atoms with Crippen molar-refractivity contribution in [2.24, 2.45) is 5.92 Å². The zero-order chi connectivity index (χ0) is 11.3. The van der Waals surface area contributed by atoms with E-state index in [9.17, 15) is 9.59 Å². The maximum absolute atomic E-state index is 11.4. The Hall–Kier alpha value is -1.10. The zero-order valence-electron chi connectivity index (χ0n) is 9.12. The quantitative estimate of drug-likeness (QED) is 0.673. The van der Waals surface area contributed by atoms with Gasteiger partial charge in [0.1, 0.15) is 6.04 Å². The topological polar surface area (TPSA) is 64.6 Å². The lowest BCUT2D eigenvalue weighted by molar-refractivity contribution is -0.147. The predicted octanol–water partition coefficient (Wildman–Crippen LogP) is 0.0907. The van der Waals surface area contributed by atoms with Gasteiger partial charge in [0.2, 0.25) is 0 Å². The first-order valence-electron chi connectivity index (χ1n) is 5.25. The molecule has 1 rings (SSSR count). The summed E-state index contributed by atoms with van der Waals surface area (Å²) in [7, 11) is 0. The SMILES string of the molecule is CCOC(=O)C1CNC(C(=O)OCC)C1. The van der Waals surface area contributed by atoms with Crippen LogP contribution >= 0.6 is 0 Å². The largest absolute Gasteiger partial charge is 0.466 e. The minimum Gasteiger partial charge on any atom is -0.466 e. The van der Waals surface area contributed by atoms with E-state index in [-0.39, 0.29) is 23.9 Å². The number of carbonyl (C=O) groups excluding carboxylic acids is 2. The van der Waals surface area contributed by atoms with E-state index in [0.29, 0.717) is 26.2 Å². The fraction of sp³-hybridized carbons (Fsp3) is 0.800. The molecular formula is C10H17NO4. The number of nitrogens with one attached hydrogen (secondary N) is 1. The Labute approximate surface area is 89.1 Å². The molecular weight excluding hydrogens is 198 g/mol. The Morgan fingerprint density at radius 3 is 2.40 bits per heavy atom. The minimum atomic E-state index is -0.362. The standard InChI is InChI=1S/C10H17NO4/c1-3-14-9(12)7-5-8(11-6-7)10(13)15-4-2/h7-8,11H,3-6H2,1-2H3. The Kier molecular flexibility index (Phi) is 4.55. The number of hydrogen-bond donors (Lipinski definition) is 1. The molecule has 2 unspecified atom stereocenters. The lowest BCUT2D eigenvalue weighted by Gasteiger charge is -2.09. The predicted molar refractivity (Wildman–Crippen MR) is 53.2 cm³/mol. The summed E-state index contributed by atoms with van der Waals surface area (Å²) >= 11 is 0. The summed E-state index contributed by atoms with van der Waals surface area (Å²) in [5.41, 5.74) is 0. The van der Waals surface area contributed by atoms with Gasteiger partial charge in [0.25, 0.3) is 0 Å². The monoisotopic (exact) mass is 215 g/mol. The number of carbonyl (C=O) groups is 2. The van der Waals surface area contributed by atoms with Crippen LogP contribution in [0.2, 0.25) is 0 Å². The van der Waals surface area contributed by atoms with Crippen LogP contribution in [-0.2, 0) is 19.1 Å². The first-order valence-corrected chi connectivity index (χ1v) is 5.25. The maximum atomic E-state index is 11.4. The second kappa shape index (κ2) is 5.70. The van der Waals surface area contributed by atoms with Crippen molar-refractivity contribution in [3.05, 3.63) is 0 Å². The summed E-state index contributed by atoms with van der Waals surface area (Å²) in [6.45, 7) is 4.75. The molecule has 1 aliphatic heterocycles. The Bertz CT molecular complexity index is 218. The Morgan fingerprint density at radius 2 is 1.80 bits per heavy atom. The van der Waals surface area contributed by atoms with E-state index < -0.39 is 0 Å². The first-order chi connectivity index (χ1) is 7.19. The summed E-state index contributed by atoms with van der Waals surface area (Å²) < 4.78 is 9.74. The minimum absolute atomic E-state index is 0.223. The molecule has 0 bridgehead atoms. The zero-order valence-corrected chi connectivity index (χ0v) is 9.12. The molecule has 1 N–H and O–H groups in total. The van der Waals surface area contributed by atoms with Gasteiger partial charge in [-0.2, -0.15) is 0 Å². The molecule has 0 aromatic heterocycles. The molecule has 2 atom stereocenters. The summed E-state index contributed by atoms with van der Waals surface area (Å²) in [6, 6.07) is -0.362. The highest BCUT2D eigenvalue weighted by atomic mass is 16.5. The molecule has 1 aliphatic rings. The van der Waals surface area contributed by atoms with Gasteiger partial charge in [0, 0.05) is 6.54 Å². The van der Waals surface area contributed by atoms with Gasteiger partial charge in [0.05, 0.1) is 19.1 Å². The third kappa shape index (κ3) is 3.20. The second-order valence-corrected chi connectivity index (χ2v) is 3.40. The van der Waals surface area contributed by atoms with Crippen molar-refractivity contribution >= 4 is 11.9 Å². The van der Waals surface area contributed by atoms with Crippen LogP contribution in [0.3, 0.4) is 0 Å². The van der Waals surface area contributed by atoms with Crippen molar-refractivity contribution < 1.29 is 19.1 Å². The third-order valence-electron chi connectivity index (χ3n) is 2.32. The van der Waals surface area contributed by atoms with Crippen molar-refractivity contribution in [1.29, 1.82) is 0 Å². The average Bonchev–Trinajstić information content (AvgIpc) is 2.67. The van der Waals surface area contributed by atoms with Crippen molar-refractivity contribution in [3.63, 3.8) is 0 Å². The van der Waals surface area contributed by atoms with Crippen LogP contribution in [-0.4, -0.2) is 37.7 Å². The van der Waals surface area contributed by atoms with Crippen molar-refractivity contribution in [1.82, 2.24) is 5.32 Å². The molecule has 1 saturated heterocycles. The molecule has 86 valence electrons. The molecule has 1 heterocycles. The highest BCUT2D eigenvalue weighted by Gasteiger charge is 2.35. The molecule has 5 nitrogen and oxygen atoms in total. The molecule has 5 heteroatoms. The van der Waals surface area contributed by atoms with E-state index in [4.69, 9.17) is 9.47 Å². The van der Waals surface area contributed by atoms with Crippen molar-refractivity contribution in [2.75, 3.05) is 19.8 Å². The highest BCUT2D eigenvalue weighted by molar-refractivity contribution is 5.79. The summed E-state index contributed by atoms with van der Waals surface area (Å²) in [5.74, 6) is -0.750. The lowest BCUT2D eigenvalue weighted by atomic mass is 10.1. The van der Waals surface area contributed by atoms with Crippen LogP contribution in [0, 0.1) is 5.92 Å². The Morgan fingerprint density at radius 1 is 1.20 bits per heavy atom. The molecule has 0 saturated carbocycles. The fourth-order valence-electron chi connectivity index (χ4n) is 1.60. The van der Waals surface area contributed by atoms with Gasteiger partial charge in [-0.25, -0.2) is 0 Å². The molecule has 1 fully saturated rings. The van der Waals surface area contributed by atoms with Crippen molar-refractivity contribution in [2.45, 2.75) is 26.3 Å². The van der Waals surface area contributed by atoms with Crippen LogP contribution in [0.4, 0.5) is 0 Å². The van der Waals surface area contributed by atoms with Crippen LogP contribution < -0.4 is 5.32 Å². The van der Waals surface area contributed by atoms with Crippen LogP contribution in [0.15, 0.2) is 0 Å². The van der Waals surface area contributed by atoms with E-state index in [0.717, 1.165) is 0 Å². The number of hydrogen-bond acceptors (Lipinski definition) is 5. The normalized spacial score (nSPS) is 24.9. The highest BCUT2D eigenvalue weighted by Crippen LogP contribution is 2.16. The van der Waals surface area contributed by atoms with Crippen molar-refractivity contribution in [3.8, 4) is 0 Å². The van der Waals surface area contributed by atoms with Gasteiger partial charge in [-0.15, -0.1) is 0 Å². The summed E-state index contributed by atoms with van der Waals surface area (Å²) in [6.07, 6.45) is 0.470. The Balaban J connectivity index is 2.38. The number of esters is 2. The number of ether oxygens (including phenoxy) is 2. The van der Waals surface area contributed by atoms with E-state index in [1.165, 1.54) is 0 Å². The van der Waals surface area contributed by atoms with Gasteiger partial charge < -0.3 is 14.8 Å². The van der Waals surface area contributed by atoms with Crippen LogP contribution in [0.1, 0.15) is 20.3 Å². The molecule has 15 heavy (non-hydrogen) atoms. The molecule has 0 aromatic rings. The maximum Gasteiger partial charge on any atom is 0.323 e. The molecule has 0 amide bonds. The van der Waals surface area contributed by atoms with E-state index in [1.807, 2.05) is 0 Å². The van der Waals surface area contributed by atoms with Gasteiger partial charge in [-0.3, -0.25) is 9.59 Å². The van der Waals surface area contributed by atoms with E-state index in [2.05, 4.69) is 5.32 Å². The second-order valence-electron chi connectivity index (χ2n) is 3.40. The van der Waals surface area contributed by atoms with E-state index >= 15 is 0 Å². The first kappa shape index (κ1) is 12.0. The molecule has 0 spiro atoms. The number of rotatable bonds is 4. The lowest BCUT2D eigenvalue weighted by Crippen LogP contribution is -2.32. The average molecular weight is 215 g/mol. The van der Waals surface area contributed by atoms with Gasteiger partial charge in [-0.1, -0.05) is 0 Å². The van der Waals surface area contributed by atoms with Crippen LogP contribution in [0.5, 0.6) is 0 Å².